The number of hydrogen-bond donors (Lipinski definition) is 0. The van der Waals surface area contributed by atoms with Crippen molar-refractivity contribution in [1.82, 2.24) is 9.97 Å². The lowest BCUT2D eigenvalue weighted by molar-refractivity contribution is -0.137. The van der Waals surface area contributed by atoms with E-state index in [0.29, 0.717) is 11.3 Å². The Bertz CT molecular complexity index is 886. The lowest BCUT2D eigenvalue weighted by atomic mass is 9.98. The Morgan fingerprint density at radius 3 is 2.23 bits per heavy atom. The molecule has 0 aliphatic rings. The summed E-state index contributed by atoms with van der Waals surface area (Å²) in [6.45, 7) is 4.23. The topological polar surface area (TPSA) is 25.8 Å². The van der Waals surface area contributed by atoms with Crippen molar-refractivity contribution in [2.75, 3.05) is 0 Å². The zero-order valence-electron chi connectivity index (χ0n) is 14.8. The summed E-state index contributed by atoms with van der Waals surface area (Å²) >= 11 is 0. The van der Waals surface area contributed by atoms with E-state index in [1.54, 1.807) is 0 Å². The predicted octanol–water partition coefficient (Wildman–Crippen LogP) is 6.61. The third-order valence-electron chi connectivity index (χ3n) is 4.60. The Kier molecular flexibility index (Phi) is 5.25. The number of alkyl halides is 3. The Labute approximate surface area is 151 Å². The molecule has 0 radical (unpaired) electrons. The molecule has 0 amide bonds. The fourth-order valence-electron chi connectivity index (χ4n) is 3.18. The molecule has 1 unspecified atom stereocenters. The minimum atomic E-state index is -4.34. The van der Waals surface area contributed by atoms with Crippen LogP contribution in [0.15, 0.2) is 48.5 Å². The maximum absolute atomic E-state index is 12.8. The molecule has 5 heteroatoms. The summed E-state index contributed by atoms with van der Waals surface area (Å²) in [6.07, 6.45) is -1.39. The molecule has 0 saturated carbocycles. The molecule has 1 heterocycles. The van der Waals surface area contributed by atoms with E-state index >= 15 is 0 Å². The van der Waals surface area contributed by atoms with Crippen molar-refractivity contribution in [2.24, 2.45) is 0 Å². The molecule has 0 saturated heterocycles. The maximum Gasteiger partial charge on any atom is 0.416 e. The molecule has 2 nitrogen and oxygen atoms in total. The highest BCUT2D eigenvalue weighted by molar-refractivity contribution is 5.92. The predicted molar refractivity (Wildman–Crippen MR) is 97.9 cm³/mol. The second-order valence-corrected chi connectivity index (χ2v) is 6.42. The number of benzene rings is 2. The number of hydrogen-bond acceptors (Lipinski definition) is 2. The van der Waals surface area contributed by atoms with Crippen LogP contribution in [0.1, 0.15) is 50.4 Å². The van der Waals surface area contributed by atoms with E-state index in [0.717, 1.165) is 48.1 Å². The van der Waals surface area contributed by atoms with Crippen LogP contribution in [0.4, 0.5) is 13.2 Å². The number of aromatic nitrogens is 2. The van der Waals surface area contributed by atoms with Crippen molar-refractivity contribution < 1.29 is 13.2 Å². The third-order valence-corrected chi connectivity index (χ3v) is 4.60. The van der Waals surface area contributed by atoms with Gasteiger partial charge in [0.15, 0.2) is 0 Å². The van der Waals surface area contributed by atoms with Crippen LogP contribution in [0, 0.1) is 0 Å². The molecule has 0 spiro atoms. The van der Waals surface area contributed by atoms with Gasteiger partial charge in [0.2, 0.25) is 0 Å². The molecule has 0 aliphatic carbocycles. The van der Waals surface area contributed by atoms with Gasteiger partial charge in [-0.2, -0.15) is 13.2 Å². The normalized spacial score (nSPS) is 13.1. The van der Waals surface area contributed by atoms with E-state index in [4.69, 9.17) is 9.97 Å². The molecule has 3 rings (SSSR count). The van der Waals surface area contributed by atoms with Crippen molar-refractivity contribution in [2.45, 2.75) is 45.2 Å². The third kappa shape index (κ3) is 3.71. The first-order chi connectivity index (χ1) is 12.4. The Hall–Kier alpha value is -2.43. The molecule has 0 aliphatic heterocycles. The van der Waals surface area contributed by atoms with E-state index in [-0.39, 0.29) is 5.92 Å². The first-order valence-electron chi connectivity index (χ1n) is 8.88. The first kappa shape index (κ1) is 18.4. The van der Waals surface area contributed by atoms with Gasteiger partial charge >= 0.3 is 6.18 Å². The van der Waals surface area contributed by atoms with E-state index in [2.05, 4.69) is 13.8 Å². The largest absolute Gasteiger partial charge is 0.416 e. The van der Waals surface area contributed by atoms with Crippen molar-refractivity contribution in [1.29, 1.82) is 0 Å². The number of rotatable bonds is 5. The highest BCUT2D eigenvalue weighted by atomic mass is 19.4. The van der Waals surface area contributed by atoms with Crippen LogP contribution in [-0.4, -0.2) is 9.97 Å². The average Bonchev–Trinajstić information content (AvgIpc) is 2.64. The molecule has 1 atom stereocenters. The molecule has 3 aromatic rings. The van der Waals surface area contributed by atoms with Gasteiger partial charge < -0.3 is 0 Å². The highest BCUT2D eigenvalue weighted by Gasteiger charge is 2.30. The monoisotopic (exact) mass is 358 g/mol. The number of nitrogens with zero attached hydrogens (tertiary/aromatic N) is 2. The minimum absolute atomic E-state index is 0.248. The van der Waals surface area contributed by atoms with Gasteiger partial charge in [0.05, 0.1) is 16.8 Å². The van der Waals surface area contributed by atoms with Crippen LogP contribution in [0.2, 0.25) is 0 Å². The van der Waals surface area contributed by atoms with Gasteiger partial charge in [0, 0.05) is 16.9 Å². The molecular weight excluding hydrogens is 337 g/mol. The molecule has 136 valence electrons. The van der Waals surface area contributed by atoms with E-state index < -0.39 is 11.7 Å². The summed E-state index contributed by atoms with van der Waals surface area (Å²) in [6, 6.07) is 12.8. The van der Waals surface area contributed by atoms with Crippen LogP contribution in [0.3, 0.4) is 0 Å². The average molecular weight is 358 g/mol. The van der Waals surface area contributed by atoms with E-state index in [1.807, 2.05) is 24.3 Å². The van der Waals surface area contributed by atoms with Crippen LogP contribution in [-0.2, 0) is 6.18 Å². The maximum atomic E-state index is 12.8. The fraction of sp³-hybridized carbons (Fsp3) is 0.333. The summed E-state index contributed by atoms with van der Waals surface area (Å²) in [7, 11) is 0. The van der Waals surface area contributed by atoms with Gasteiger partial charge in [-0.25, -0.2) is 9.97 Å². The summed E-state index contributed by atoms with van der Waals surface area (Å²) in [5.74, 6) is 1.01. The Morgan fingerprint density at radius 2 is 1.62 bits per heavy atom. The highest BCUT2D eigenvalue weighted by Crippen LogP contribution is 2.33. The Morgan fingerprint density at radius 1 is 0.923 bits per heavy atom. The van der Waals surface area contributed by atoms with Crippen LogP contribution >= 0.6 is 0 Å². The lowest BCUT2D eigenvalue weighted by Crippen LogP contribution is -2.06. The van der Waals surface area contributed by atoms with Crippen LogP contribution in [0.5, 0.6) is 0 Å². The van der Waals surface area contributed by atoms with Crippen molar-refractivity contribution in [3.8, 4) is 11.3 Å². The molecule has 0 N–H and O–H groups in total. The summed E-state index contributed by atoms with van der Waals surface area (Å²) in [5.41, 5.74) is 1.53. The van der Waals surface area contributed by atoms with Crippen LogP contribution in [0.25, 0.3) is 22.2 Å². The van der Waals surface area contributed by atoms with Gasteiger partial charge in [0.1, 0.15) is 5.82 Å². The molecule has 0 fully saturated rings. The molecule has 2 aromatic carbocycles. The van der Waals surface area contributed by atoms with Gasteiger partial charge in [-0.05, 0) is 31.0 Å². The quantitative estimate of drug-likeness (QED) is 0.513. The SMILES string of the molecule is CCCC(CC)c1nc(-c2ccc(C(F)(F)F)cc2)c2ccccc2n1. The standard InChI is InChI=1S/C21H21F3N2/c1-3-7-14(4-2)20-25-18-9-6-5-8-17(18)19(26-20)15-10-12-16(13-11-15)21(22,23)24/h5-6,8-14H,3-4,7H2,1-2H3. The molecular formula is C21H21F3N2. The van der Waals surface area contributed by atoms with Gasteiger partial charge in [-0.1, -0.05) is 50.6 Å². The van der Waals surface area contributed by atoms with E-state index in [1.165, 1.54) is 12.1 Å². The lowest BCUT2D eigenvalue weighted by Gasteiger charge is -2.16. The second kappa shape index (κ2) is 7.44. The second-order valence-electron chi connectivity index (χ2n) is 6.42. The molecule has 1 aromatic heterocycles. The van der Waals surface area contributed by atoms with Crippen molar-refractivity contribution in [3.05, 3.63) is 59.9 Å². The number of halogens is 3. The minimum Gasteiger partial charge on any atom is -0.233 e. The number of para-hydroxylation sites is 1. The van der Waals surface area contributed by atoms with Crippen molar-refractivity contribution in [3.63, 3.8) is 0 Å². The molecule has 0 bridgehead atoms. The Balaban J connectivity index is 2.14. The van der Waals surface area contributed by atoms with Crippen LogP contribution < -0.4 is 0 Å². The first-order valence-corrected chi connectivity index (χ1v) is 8.88. The summed E-state index contributed by atoms with van der Waals surface area (Å²) in [5, 5.41) is 0.849. The van der Waals surface area contributed by atoms with Gasteiger partial charge in [-0.15, -0.1) is 0 Å². The van der Waals surface area contributed by atoms with Gasteiger partial charge in [0.25, 0.3) is 0 Å². The summed E-state index contributed by atoms with van der Waals surface area (Å²) in [4.78, 5) is 9.48. The van der Waals surface area contributed by atoms with Gasteiger partial charge in [-0.3, -0.25) is 0 Å². The van der Waals surface area contributed by atoms with E-state index in [9.17, 15) is 13.2 Å². The zero-order valence-corrected chi connectivity index (χ0v) is 14.8. The zero-order chi connectivity index (χ0) is 18.7. The number of fused-ring (bicyclic) bond motifs is 1. The molecule has 26 heavy (non-hydrogen) atoms. The smallest absolute Gasteiger partial charge is 0.233 e. The van der Waals surface area contributed by atoms with Crippen molar-refractivity contribution >= 4 is 10.9 Å². The fourth-order valence-corrected chi connectivity index (χ4v) is 3.18. The summed E-state index contributed by atoms with van der Waals surface area (Å²) < 4.78 is 38.5.